The van der Waals surface area contributed by atoms with Gasteiger partial charge in [-0.2, -0.15) is 15.3 Å². The molecule has 0 saturated carbocycles. The van der Waals surface area contributed by atoms with E-state index in [1.165, 1.54) is 12.4 Å². The molecular formula is C17H18N6O2. The maximum Gasteiger partial charge on any atom is 0.255 e. The minimum absolute atomic E-state index is 0.0385. The number of ether oxygens (including phenoxy) is 1. The summed E-state index contributed by atoms with van der Waals surface area (Å²) in [4.78, 5) is 18.7. The van der Waals surface area contributed by atoms with Crippen LogP contribution in [0.4, 0.5) is 0 Å². The second kappa shape index (κ2) is 6.94. The van der Waals surface area contributed by atoms with Gasteiger partial charge in [0.1, 0.15) is 0 Å². The summed E-state index contributed by atoms with van der Waals surface area (Å²) in [7, 11) is 0. The largest absolute Gasteiger partial charge is 0.379 e. The third-order valence-corrected chi connectivity index (χ3v) is 4.26. The summed E-state index contributed by atoms with van der Waals surface area (Å²) in [6.45, 7) is 2.35. The van der Waals surface area contributed by atoms with Crippen molar-refractivity contribution in [1.29, 1.82) is 0 Å². The molecule has 3 aromatic rings. The van der Waals surface area contributed by atoms with E-state index in [9.17, 15) is 4.79 Å². The van der Waals surface area contributed by atoms with E-state index in [1.54, 1.807) is 16.8 Å². The van der Waals surface area contributed by atoms with Gasteiger partial charge in [0.2, 0.25) is 0 Å². The predicted octanol–water partition coefficient (Wildman–Crippen LogP) is 0.851. The van der Waals surface area contributed by atoms with E-state index in [4.69, 9.17) is 4.74 Å². The van der Waals surface area contributed by atoms with Gasteiger partial charge in [0.25, 0.3) is 5.91 Å². The lowest BCUT2D eigenvalue weighted by atomic mass is 10.0. The Kier molecular flexibility index (Phi) is 4.34. The van der Waals surface area contributed by atoms with Crippen LogP contribution in [0.1, 0.15) is 16.1 Å². The Morgan fingerprint density at radius 1 is 1.24 bits per heavy atom. The highest BCUT2D eigenvalue weighted by molar-refractivity contribution is 5.93. The lowest BCUT2D eigenvalue weighted by molar-refractivity contribution is 0.0736. The predicted molar refractivity (Wildman–Crippen MR) is 88.9 cm³/mol. The lowest BCUT2D eigenvalue weighted by Crippen LogP contribution is -2.36. The second-order valence-electron chi connectivity index (χ2n) is 6.08. The van der Waals surface area contributed by atoms with Gasteiger partial charge in [-0.15, -0.1) is 0 Å². The van der Waals surface area contributed by atoms with Crippen molar-refractivity contribution in [2.24, 2.45) is 5.92 Å². The molecule has 1 aliphatic heterocycles. The molecule has 25 heavy (non-hydrogen) atoms. The Hall–Kier alpha value is -2.87. The van der Waals surface area contributed by atoms with Crippen LogP contribution in [0.2, 0.25) is 0 Å². The van der Waals surface area contributed by atoms with Crippen LogP contribution in [-0.2, 0) is 11.2 Å². The van der Waals surface area contributed by atoms with Crippen molar-refractivity contribution in [2.75, 3.05) is 26.3 Å². The average Bonchev–Trinajstić information content (AvgIpc) is 2.99. The molecule has 0 spiro atoms. The number of amides is 1. The number of carbonyl (C=O) groups is 1. The fraction of sp³-hybridized carbons (Fsp3) is 0.353. The minimum Gasteiger partial charge on any atom is -0.379 e. The average molecular weight is 338 g/mol. The molecule has 3 aromatic heterocycles. The van der Waals surface area contributed by atoms with Crippen LogP contribution in [0.5, 0.6) is 0 Å². The number of rotatable bonds is 3. The smallest absolute Gasteiger partial charge is 0.255 e. The van der Waals surface area contributed by atoms with E-state index in [1.807, 2.05) is 23.2 Å². The molecule has 8 heteroatoms. The number of hydrogen-bond acceptors (Lipinski definition) is 6. The van der Waals surface area contributed by atoms with Gasteiger partial charge in [-0.3, -0.25) is 4.79 Å². The first-order valence-electron chi connectivity index (χ1n) is 8.22. The zero-order valence-corrected chi connectivity index (χ0v) is 13.7. The van der Waals surface area contributed by atoms with E-state index >= 15 is 0 Å². The molecule has 1 atom stereocenters. The van der Waals surface area contributed by atoms with Crippen LogP contribution in [0.3, 0.4) is 0 Å². The molecule has 0 radical (unpaired) electrons. The maximum atomic E-state index is 12.7. The molecule has 0 bridgehead atoms. The molecule has 1 fully saturated rings. The molecule has 4 heterocycles. The number of fused-ring (bicyclic) bond motifs is 1. The fourth-order valence-electron chi connectivity index (χ4n) is 3.05. The van der Waals surface area contributed by atoms with Gasteiger partial charge in [-0.05, 0) is 24.6 Å². The standard InChI is InChI=1S/C17H18N6O2/c24-17(14-3-4-19-20-10-14)22-7-8-25-12-13(11-22)9-15-1-2-16-18-5-6-23(16)21-15/h1-6,10,13H,7-9,11-12H2. The third-order valence-electron chi connectivity index (χ3n) is 4.26. The zero-order chi connectivity index (χ0) is 17.1. The number of hydrogen-bond donors (Lipinski definition) is 0. The van der Waals surface area contributed by atoms with E-state index < -0.39 is 0 Å². The molecule has 1 amide bonds. The molecule has 8 nitrogen and oxygen atoms in total. The molecule has 1 saturated heterocycles. The van der Waals surface area contributed by atoms with Crippen molar-refractivity contribution in [1.82, 2.24) is 29.7 Å². The summed E-state index contributed by atoms with van der Waals surface area (Å²) in [6.07, 6.45) is 7.33. The molecule has 1 aliphatic rings. The van der Waals surface area contributed by atoms with Crippen molar-refractivity contribution in [3.63, 3.8) is 0 Å². The van der Waals surface area contributed by atoms with E-state index in [0.717, 1.165) is 17.8 Å². The van der Waals surface area contributed by atoms with Gasteiger partial charge in [0.15, 0.2) is 5.65 Å². The first kappa shape index (κ1) is 15.6. The molecule has 1 unspecified atom stereocenters. The van der Waals surface area contributed by atoms with Gasteiger partial charge in [-0.1, -0.05) is 0 Å². The van der Waals surface area contributed by atoms with Crippen LogP contribution in [-0.4, -0.2) is 61.9 Å². The van der Waals surface area contributed by atoms with Gasteiger partial charge < -0.3 is 9.64 Å². The first-order valence-corrected chi connectivity index (χ1v) is 8.22. The Morgan fingerprint density at radius 3 is 3.08 bits per heavy atom. The number of carbonyl (C=O) groups excluding carboxylic acids is 1. The minimum atomic E-state index is -0.0385. The van der Waals surface area contributed by atoms with Crippen LogP contribution < -0.4 is 0 Å². The van der Waals surface area contributed by atoms with Crippen LogP contribution >= 0.6 is 0 Å². The van der Waals surface area contributed by atoms with E-state index in [0.29, 0.717) is 31.9 Å². The van der Waals surface area contributed by atoms with Crippen LogP contribution in [0.15, 0.2) is 43.0 Å². The maximum absolute atomic E-state index is 12.7. The van der Waals surface area contributed by atoms with Crippen LogP contribution in [0.25, 0.3) is 5.65 Å². The van der Waals surface area contributed by atoms with Gasteiger partial charge in [0.05, 0.1) is 36.9 Å². The summed E-state index contributed by atoms with van der Waals surface area (Å²) >= 11 is 0. The second-order valence-corrected chi connectivity index (χ2v) is 6.08. The highest BCUT2D eigenvalue weighted by Crippen LogP contribution is 2.15. The summed E-state index contributed by atoms with van der Waals surface area (Å²) in [6, 6.07) is 5.61. The number of nitrogens with zero attached hydrogens (tertiary/aromatic N) is 6. The normalized spacial score (nSPS) is 18.2. The van der Waals surface area contributed by atoms with Gasteiger partial charge in [0, 0.05) is 31.4 Å². The van der Waals surface area contributed by atoms with Gasteiger partial charge >= 0.3 is 0 Å². The Labute approximate surface area is 144 Å². The Morgan fingerprint density at radius 2 is 2.20 bits per heavy atom. The summed E-state index contributed by atoms with van der Waals surface area (Å²) in [5, 5.41) is 12.1. The third kappa shape index (κ3) is 3.48. The molecular weight excluding hydrogens is 320 g/mol. The van der Waals surface area contributed by atoms with E-state index in [2.05, 4.69) is 20.3 Å². The topological polar surface area (TPSA) is 85.5 Å². The molecule has 4 rings (SSSR count). The highest BCUT2D eigenvalue weighted by atomic mass is 16.5. The fourth-order valence-corrected chi connectivity index (χ4v) is 3.05. The van der Waals surface area contributed by atoms with Gasteiger partial charge in [-0.25, -0.2) is 9.50 Å². The zero-order valence-electron chi connectivity index (χ0n) is 13.7. The lowest BCUT2D eigenvalue weighted by Gasteiger charge is -2.23. The summed E-state index contributed by atoms with van der Waals surface area (Å²) in [5.41, 5.74) is 2.33. The monoisotopic (exact) mass is 338 g/mol. The molecule has 0 N–H and O–H groups in total. The van der Waals surface area contributed by atoms with Crippen molar-refractivity contribution < 1.29 is 9.53 Å². The Balaban J connectivity index is 1.48. The first-order chi connectivity index (χ1) is 12.3. The molecule has 0 aromatic carbocycles. The van der Waals surface area contributed by atoms with Crippen LogP contribution in [0, 0.1) is 5.92 Å². The molecule has 128 valence electrons. The Bertz CT molecular complexity index is 866. The van der Waals surface area contributed by atoms with Crippen molar-refractivity contribution in [3.05, 3.63) is 54.2 Å². The van der Waals surface area contributed by atoms with Crippen molar-refractivity contribution in [2.45, 2.75) is 6.42 Å². The summed E-state index contributed by atoms with van der Waals surface area (Å²) in [5.74, 6) is 0.151. The van der Waals surface area contributed by atoms with Crippen molar-refractivity contribution >= 4 is 11.6 Å². The number of aromatic nitrogens is 5. The highest BCUT2D eigenvalue weighted by Gasteiger charge is 2.24. The number of imidazole rings is 1. The quantitative estimate of drug-likeness (QED) is 0.704. The SMILES string of the molecule is O=C(c1ccnnc1)N1CCOCC(Cc2ccc3nccn3n2)C1. The van der Waals surface area contributed by atoms with E-state index in [-0.39, 0.29) is 11.8 Å². The summed E-state index contributed by atoms with van der Waals surface area (Å²) < 4.78 is 7.46. The molecule has 0 aliphatic carbocycles. The van der Waals surface area contributed by atoms with Crippen molar-refractivity contribution in [3.8, 4) is 0 Å².